The minimum absolute atomic E-state index is 0.0246. The lowest BCUT2D eigenvalue weighted by atomic mass is 9.81. The molecule has 1 amide bonds. The molecule has 3 heteroatoms. The van der Waals surface area contributed by atoms with Crippen LogP contribution in [0.4, 0.5) is 0 Å². The summed E-state index contributed by atoms with van der Waals surface area (Å²) in [5, 5.41) is 12.3. The molecule has 0 aromatic rings. The summed E-state index contributed by atoms with van der Waals surface area (Å²) in [5.41, 5.74) is -0.735. The summed E-state index contributed by atoms with van der Waals surface area (Å²) in [6, 6.07) is 2.30. The Hall–Kier alpha value is -1.04. The summed E-state index contributed by atoms with van der Waals surface area (Å²) in [6.07, 6.45) is 10.4. The van der Waals surface area contributed by atoms with Crippen LogP contribution in [0.3, 0.4) is 0 Å². The van der Waals surface area contributed by atoms with Gasteiger partial charge >= 0.3 is 0 Å². The number of rotatable bonds is 6. The summed E-state index contributed by atoms with van der Waals surface area (Å²) in [4.78, 5) is 12.2. The highest BCUT2D eigenvalue weighted by atomic mass is 16.2. The van der Waals surface area contributed by atoms with Gasteiger partial charge in [-0.05, 0) is 19.3 Å². The number of hydrogen-bond donors (Lipinski definition) is 1. The van der Waals surface area contributed by atoms with Crippen LogP contribution in [0, 0.1) is 16.7 Å². The van der Waals surface area contributed by atoms with E-state index in [1.54, 1.807) is 0 Å². The van der Waals surface area contributed by atoms with Crippen molar-refractivity contribution in [2.24, 2.45) is 5.41 Å². The normalized spacial score (nSPS) is 18.7. The van der Waals surface area contributed by atoms with E-state index in [1.165, 1.54) is 12.8 Å². The molecular weight excluding hydrogens is 224 g/mol. The first-order chi connectivity index (χ1) is 8.75. The zero-order valence-electron chi connectivity index (χ0n) is 11.6. The van der Waals surface area contributed by atoms with E-state index >= 15 is 0 Å². The quantitative estimate of drug-likeness (QED) is 0.579. The van der Waals surface area contributed by atoms with E-state index in [2.05, 4.69) is 18.3 Å². The molecule has 1 saturated carbocycles. The molecule has 1 aliphatic carbocycles. The molecule has 1 aliphatic rings. The minimum atomic E-state index is -0.735. The third kappa shape index (κ3) is 4.33. The van der Waals surface area contributed by atoms with Gasteiger partial charge in [-0.3, -0.25) is 4.79 Å². The van der Waals surface area contributed by atoms with Crippen LogP contribution in [0.2, 0.25) is 0 Å². The molecule has 18 heavy (non-hydrogen) atoms. The maximum absolute atomic E-state index is 12.2. The monoisotopic (exact) mass is 250 g/mol. The van der Waals surface area contributed by atoms with E-state index in [1.807, 2.05) is 0 Å². The first kappa shape index (κ1) is 15.0. The van der Waals surface area contributed by atoms with Gasteiger partial charge in [0.05, 0.1) is 6.07 Å². The summed E-state index contributed by atoms with van der Waals surface area (Å²) < 4.78 is 0. The highest BCUT2D eigenvalue weighted by Gasteiger charge is 2.38. The summed E-state index contributed by atoms with van der Waals surface area (Å²) >= 11 is 0. The van der Waals surface area contributed by atoms with E-state index in [-0.39, 0.29) is 5.91 Å². The molecule has 1 fully saturated rings. The van der Waals surface area contributed by atoms with Crippen LogP contribution < -0.4 is 5.32 Å². The molecule has 0 unspecified atom stereocenters. The second-order valence-corrected chi connectivity index (χ2v) is 5.42. The highest BCUT2D eigenvalue weighted by molar-refractivity contribution is 5.85. The smallest absolute Gasteiger partial charge is 0.240 e. The lowest BCUT2D eigenvalue weighted by molar-refractivity contribution is -0.128. The first-order valence-electron chi connectivity index (χ1n) is 7.45. The molecule has 0 heterocycles. The molecule has 102 valence electrons. The van der Waals surface area contributed by atoms with Gasteiger partial charge in [-0.2, -0.15) is 5.26 Å². The molecule has 0 spiro atoms. The summed E-state index contributed by atoms with van der Waals surface area (Å²) in [5.74, 6) is -0.0246. The minimum Gasteiger partial charge on any atom is -0.355 e. The number of amides is 1. The average Bonchev–Trinajstić information content (AvgIpc) is 2.64. The number of carbonyl (C=O) groups excluding carboxylic acids is 1. The second kappa shape index (κ2) is 8.13. The van der Waals surface area contributed by atoms with Crippen molar-refractivity contribution in [1.29, 1.82) is 5.26 Å². The van der Waals surface area contributed by atoms with Crippen LogP contribution in [0.1, 0.15) is 71.1 Å². The Morgan fingerprint density at radius 2 is 1.83 bits per heavy atom. The van der Waals surface area contributed by atoms with E-state index in [9.17, 15) is 10.1 Å². The first-order valence-corrected chi connectivity index (χ1v) is 7.45. The van der Waals surface area contributed by atoms with Crippen molar-refractivity contribution in [2.45, 2.75) is 71.1 Å². The van der Waals surface area contributed by atoms with E-state index in [0.29, 0.717) is 0 Å². The highest BCUT2D eigenvalue weighted by Crippen LogP contribution is 2.34. The molecule has 0 aromatic carbocycles. The number of nitrogens with zero attached hydrogens (tertiary/aromatic N) is 1. The van der Waals surface area contributed by atoms with Gasteiger partial charge in [0.1, 0.15) is 5.41 Å². The lowest BCUT2D eigenvalue weighted by Gasteiger charge is -2.23. The Balaban J connectivity index is 2.39. The standard InChI is InChI=1S/C15H26N2O/c1-2-3-4-9-12-17-14(18)15(13-16)10-7-5-6-8-11-15/h2-12H2,1H3,(H,17,18). The third-order valence-electron chi connectivity index (χ3n) is 3.92. The fraction of sp³-hybridized carbons (Fsp3) is 0.867. The van der Waals surface area contributed by atoms with Gasteiger partial charge in [0.25, 0.3) is 0 Å². The van der Waals surface area contributed by atoms with Crippen molar-refractivity contribution in [2.75, 3.05) is 6.54 Å². The van der Waals surface area contributed by atoms with Crippen molar-refractivity contribution in [3.8, 4) is 6.07 Å². The molecule has 0 aliphatic heterocycles. The van der Waals surface area contributed by atoms with E-state index < -0.39 is 5.41 Å². The Morgan fingerprint density at radius 1 is 1.17 bits per heavy atom. The molecule has 3 nitrogen and oxygen atoms in total. The molecular formula is C15H26N2O. The average molecular weight is 250 g/mol. The van der Waals surface area contributed by atoms with E-state index in [0.717, 1.165) is 57.9 Å². The Morgan fingerprint density at radius 3 is 2.39 bits per heavy atom. The zero-order chi connectivity index (χ0) is 13.3. The second-order valence-electron chi connectivity index (χ2n) is 5.42. The van der Waals surface area contributed by atoms with Crippen LogP contribution in [0.15, 0.2) is 0 Å². The van der Waals surface area contributed by atoms with Crippen LogP contribution in [0.25, 0.3) is 0 Å². The third-order valence-corrected chi connectivity index (χ3v) is 3.92. The number of unbranched alkanes of at least 4 members (excludes halogenated alkanes) is 3. The molecule has 1 N–H and O–H groups in total. The van der Waals surface area contributed by atoms with Gasteiger partial charge in [-0.1, -0.05) is 51.9 Å². The number of hydrogen-bond acceptors (Lipinski definition) is 2. The van der Waals surface area contributed by atoms with E-state index in [4.69, 9.17) is 0 Å². The van der Waals surface area contributed by atoms with Gasteiger partial charge in [-0.25, -0.2) is 0 Å². The molecule has 1 rings (SSSR count). The van der Waals surface area contributed by atoms with Crippen LogP contribution in [-0.4, -0.2) is 12.5 Å². The number of nitriles is 1. The lowest BCUT2D eigenvalue weighted by Crippen LogP contribution is -2.40. The van der Waals surface area contributed by atoms with Crippen molar-refractivity contribution < 1.29 is 4.79 Å². The Bertz CT molecular complexity index is 285. The van der Waals surface area contributed by atoms with Gasteiger partial charge in [-0.15, -0.1) is 0 Å². The molecule has 0 radical (unpaired) electrons. The summed E-state index contributed by atoms with van der Waals surface area (Å²) in [6.45, 7) is 2.90. The van der Waals surface area contributed by atoms with Crippen molar-refractivity contribution in [3.05, 3.63) is 0 Å². The predicted molar refractivity (Wildman–Crippen MR) is 72.9 cm³/mol. The largest absolute Gasteiger partial charge is 0.355 e. The Kier molecular flexibility index (Phi) is 6.78. The van der Waals surface area contributed by atoms with Gasteiger partial charge in [0, 0.05) is 6.54 Å². The van der Waals surface area contributed by atoms with Gasteiger partial charge < -0.3 is 5.32 Å². The predicted octanol–water partition coefficient (Wildman–Crippen LogP) is 3.55. The molecule has 0 atom stereocenters. The van der Waals surface area contributed by atoms with Crippen LogP contribution in [-0.2, 0) is 4.79 Å². The number of carbonyl (C=O) groups is 1. The van der Waals surface area contributed by atoms with Gasteiger partial charge in [0.15, 0.2) is 0 Å². The SMILES string of the molecule is CCCCCCNC(=O)C1(C#N)CCCCCC1. The zero-order valence-corrected chi connectivity index (χ0v) is 11.6. The number of nitrogens with one attached hydrogen (secondary N) is 1. The topological polar surface area (TPSA) is 52.9 Å². The molecule has 0 bridgehead atoms. The van der Waals surface area contributed by atoms with Gasteiger partial charge in [0.2, 0.25) is 5.91 Å². The summed E-state index contributed by atoms with van der Waals surface area (Å²) in [7, 11) is 0. The van der Waals surface area contributed by atoms with Crippen LogP contribution >= 0.6 is 0 Å². The van der Waals surface area contributed by atoms with Crippen molar-refractivity contribution in [1.82, 2.24) is 5.32 Å². The fourth-order valence-electron chi connectivity index (χ4n) is 2.64. The molecule has 0 aromatic heterocycles. The maximum atomic E-state index is 12.2. The van der Waals surface area contributed by atoms with Crippen LogP contribution in [0.5, 0.6) is 0 Å². The van der Waals surface area contributed by atoms with Crippen molar-refractivity contribution in [3.63, 3.8) is 0 Å². The molecule has 0 saturated heterocycles. The van der Waals surface area contributed by atoms with Crippen molar-refractivity contribution >= 4 is 5.91 Å². The fourth-order valence-corrected chi connectivity index (χ4v) is 2.64. The maximum Gasteiger partial charge on any atom is 0.240 e. The Labute approximate surface area is 111 Å².